The Hall–Kier alpha value is -4.85. The van der Waals surface area contributed by atoms with Gasteiger partial charge in [0.05, 0.1) is 23.3 Å². The summed E-state index contributed by atoms with van der Waals surface area (Å²) in [5, 5.41) is 16.2. The van der Waals surface area contributed by atoms with Crippen molar-refractivity contribution in [3.63, 3.8) is 0 Å². The fraction of sp³-hybridized carbons (Fsp3) is 0.342. The summed E-state index contributed by atoms with van der Waals surface area (Å²) < 4.78 is 8.67. The first-order valence-electron chi connectivity index (χ1n) is 16.5. The molecule has 3 N–H and O–H groups in total. The van der Waals surface area contributed by atoms with Gasteiger partial charge in [0.1, 0.15) is 12.1 Å². The van der Waals surface area contributed by atoms with Gasteiger partial charge in [-0.3, -0.25) is 9.59 Å². The van der Waals surface area contributed by atoms with E-state index in [9.17, 15) is 14.4 Å². The van der Waals surface area contributed by atoms with E-state index >= 15 is 0 Å². The first-order valence-corrected chi connectivity index (χ1v) is 16.5. The quantitative estimate of drug-likeness (QED) is 0.177. The zero-order valence-electron chi connectivity index (χ0n) is 25.9. The van der Waals surface area contributed by atoms with Gasteiger partial charge in [-0.15, -0.1) is 0 Å². The molecular weight excluding hydrogens is 578 g/mol. The molecule has 0 bridgehead atoms. The summed E-state index contributed by atoms with van der Waals surface area (Å²) in [6.07, 6.45) is 11.4. The van der Waals surface area contributed by atoms with E-state index in [1.54, 1.807) is 24.3 Å². The molecule has 236 valence electrons. The molecule has 3 aromatic carbocycles. The number of benzene rings is 3. The van der Waals surface area contributed by atoms with Gasteiger partial charge < -0.3 is 25.0 Å². The first-order chi connectivity index (χ1) is 22.4. The number of carboxylic acids is 1. The standard InChI is InChI=1S/C38H39N3O5/c42-31(43)20-15-25-13-16-28(17-14-25)39-37(45)38(21-7-8-22-38)40-36(44)30-19-18-29-32(26-9-3-1-4-10-26)33(27-11-5-2-6-12-27)41-23-24-46-35(30)34(29)41/h2,5-6,11-20,26H,1,3-4,7-10,21-24H2,(H,39,45)(H,40,44)(H,42,43)/b20-15+. The van der Waals surface area contributed by atoms with E-state index in [2.05, 4.69) is 45.5 Å². The average Bonchev–Trinajstić information content (AvgIpc) is 3.70. The number of rotatable bonds is 8. The van der Waals surface area contributed by atoms with E-state index < -0.39 is 11.5 Å². The topological polar surface area (TPSA) is 110 Å². The van der Waals surface area contributed by atoms with Crippen molar-refractivity contribution >= 4 is 40.4 Å². The van der Waals surface area contributed by atoms with E-state index in [1.165, 1.54) is 42.2 Å². The summed E-state index contributed by atoms with van der Waals surface area (Å²) in [6, 6.07) is 21.5. The molecule has 2 aliphatic carbocycles. The van der Waals surface area contributed by atoms with E-state index in [0.29, 0.717) is 54.5 Å². The van der Waals surface area contributed by atoms with Gasteiger partial charge in [0.25, 0.3) is 5.91 Å². The number of aromatic nitrogens is 1. The molecule has 8 nitrogen and oxygen atoms in total. The predicted octanol–water partition coefficient (Wildman–Crippen LogP) is 7.53. The van der Waals surface area contributed by atoms with Gasteiger partial charge in [0, 0.05) is 17.1 Å². The Balaban J connectivity index is 1.21. The van der Waals surface area contributed by atoms with Crippen LogP contribution >= 0.6 is 0 Å². The van der Waals surface area contributed by atoms with Gasteiger partial charge in [-0.2, -0.15) is 0 Å². The van der Waals surface area contributed by atoms with Crippen LogP contribution in [0.15, 0.2) is 72.8 Å². The average molecular weight is 618 g/mol. The van der Waals surface area contributed by atoms with Gasteiger partial charge in [-0.25, -0.2) is 4.79 Å². The summed E-state index contributed by atoms with van der Waals surface area (Å²) >= 11 is 0. The molecule has 0 radical (unpaired) electrons. The van der Waals surface area contributed by atoms with Crippen LogP contribution in [0.2, 0.25) is 0 Å². The number of ether oxygens (including phenoxy) is 1. The molecule has 2 heterocycles. The highest BCUT2D eigenvalue weighted by atomic mass is 16.5. The molecule has 8 heteroatoms. The van der Waals surface area contributed by atoms with Crippen molar-refractivity contribution < 1.29 is 24.2 Å². The summed E-state index contributed by atoms with van der Waals surface area (Å²) in [6.45, 7) is 1.18. The maximum Gasteiger partial charge on any atom is 0.328 e. The van der Waals surface area contributed by atoms with Crippen LogP contribution in [0, 0.1) is 0 Å². The van der Waals surface area contributed by atoms with Crippen molar-refractivity contribution in [2.45, 2.75) is 75.8 Å². The molecule has 2 saturated carbocycles. The lowest BCUT2D eigenvalue weighted by molar-refractivity contribution is -0.131. The molecule has 0 saturated heterocycles. The normalized spacial score (nSPS) is 17.6. The number of carbonyl (C=O) groups is 3. The molecule has 0 unspecified atom stereocenters. The highest BCUT2D eigenvalue weighted by Crippen LogP contribution is 2.48. The van der Waals surface area contributed by atoms with Crippen molar-refractivity contribution in [2.24, 2.45) is 0 Å². The summed E-state index contributed by atoms with van der Waals surface area (Å²) in [7, 11) is 0. The number of nitrogens with one attached hydrogen (secondary N) is 2. The zero-order valence-corrected chi connectivity index (χ0v) is 25.9. The van der Waals surface area contributed by atoms with Gasteiger partial charge in [0.15, 0.2) is 5.75 Å². The van der Waals surface area contributed by atoms with E-state index in [0.717, 1.165) is 42.7 Å². The molecule has 1 aliphatic heterocycles. The molecule has 0 spiro atoms. The number of carboxylic acid groups (broad SMARTS) is 1. The Labute approximate surface area is 268 Å². The molecule has 46 heavy (non-hydrogen) atoms. The van der Waals surface area contributed by atoms with Crippen LogP contribution < -0.4 is 15.4 Å². The molecule has 2 amide bonds. The Morgan fingerprint density at radius 1 is 0.891 bits per heavy atom. The van der Waals surface area contributed by atoms with Gasteiger partial charge in [-0.05, 0) is 72.6 Å². The SMILES string of the molecule is O=C(O)/C=C/c1ccc(NC(=O)C2(NC(=O)c3ccc4c(C5CCCCC5)c(-c5ccccc5)n5c4c3OCC5)CCCC2)cc1. The third-order valence-corrected chi connectivity index (χ3v) is 9.91. The number of hydrogen-bond acceptors (Lipinski definition) is 4. The van der Waals surface area contributed by atoms with E-state index in [1.807, 2.05) is 12.1 Å². The van der Waals surface area contributed by atoms with Crippen LogP contribution in [-0.2, 0) is 16.1 Å². The van der Waals surface area contributed by atoms with Gasteiger partial charge in [-0.1, -0.05) is 80.6 Å². The minimum atomic E-state index is -1.04. The number of carbonyl (C=O) groups excluding carboxylic acids is 2. The van der Waals surface area contributed by atoms with Crippen LogP contribution in [0.3, 0.4) is 0 Å². The lowest BCUT2D eigenvalue weighted by Crippen LogP contribution is -2.55. The summed E-state index contributed by atoms with van der Waals surface area (Å²) in [5.74, 6) is -0.523. The molecule has 0 atom stereocenters. The highest BCUT2D eigenvalue weighted by Gasteiger charge is 2.43. The molecule has 2 fully saturated rings. The maximum atomic E-state index is 14.1. The number of aliphatic carboxylic acids is 1. The van der Waals surface area contributed by atoms with E-state index in [4.69, 9.17) is 9.84 Å². The number of amides is 2. The van der Waals surface area contributed by atoms with Crippen molar-refractivity contribution in [3.05, 3.63) is 89.5 Å². The van der Waals surface area contributed by atoms with Crippen molar-refractivity contribution in [1.82, 2.24) is 9.88 Å². The van der Waals surface area contributed by atoms with Crippen LogP contribution in [0.4, 0.5) is 5.69 Å². The Bertz CT molecular complexity index is 1810. The third kappa shape index (κ3) is 5.57. The molecule has 7 rings (SSSR count). The Morgan fingerprint density at radius 3 is 2.35 bits per heavy atom. The fourth-order valence-corrected chi connectivity index (χ4v) is 7.71. The first kappa shape index (κ1) is 29.8. The second kappa shape index (κ2) is 12.5. The van der Waals surface area contributed by atoms with Crippen LogP contribution in [0.1, 0.15) is 85.2 Å². The second-order valence-corrected chi connectivity index (χ2v) is 12.8. The molecule has 1 aromatic heterocycles. The Kier molecular flexibility index (Phi) is 8.11. The summed E-state index contributed by atoms with van der Waals surface area (Å²) in [4.78, 5) is 38.7. The van der Waals surface area contributed by atoms with Crippen molar-refractivity contribution in [3.8, 4) is 17.0 Å². The number of nitrogens with zero attached hydrogens (tertiary/aromatic N) is 1. The van der Waals surface area contributed by atoms with Crippen LogP contribution in [-0.4, -0.2) is 39.6 Å². The maximum absolute atomic E-state index is 14.1. The lowest BCUT2D eigenvalue weighted by atomic mass is 9.81. The third-order valence-electron chi connectivity index (χ3n) is 9.91. The predicted molar refractivity (Wildman–Crippen MR) is 179 cm³/mol. The highest BCUT2D eigenvalue weighted by molar-refractivity contribution is 6.09. The van der Waals surface area contributed by atoms with Crippen LogP contribution in [0.5, 0.6) is 5.75 Å². The minimum absolute atomic E-state index is 0.253. The lowest BCUT2D eigenvalue weighted by Gasteiger charge is -2.30. The smallest absolute Gasteiger partial charge is 0.328 e. The van der Waals surface area contributed by atoms with E-state index in [-0.39, 0.29) is 11.8 Å². The van der Waals surface area contributed by atoms with Crippen molar-refractivity contribution in [1.29, 1.82) is 0 Å². The van der Waals surface area contributed by atoms with Gasteiger partial charge in [0.2, 0.25) is 5.91 Å². The summed E-state index contributed by atoms with van der Waals surface area (Å²) in [5.41, 5.74) is 5.47. The fourth-order valence-electron chi connectivity index (χ4n) is 7.71. The molecule has 4 aromatic rings. The molecular formula is C38H39N3O5. The second-order valence-electron chi connectivity index (χ2n) is 12.8. The molecule has 3 aliphatic rings. The van der Waals surface area contributed by atoms with Gasteiger partial charge >= 0.3 is 5.97 Å². The van der Waals surface area contributed by atoms with Crippen molar-refractivity contribution in [2.75, 3.05) is 11.9 Å². The van der Waals surface area contributed by atoms with Crippen LogP contribution in [0.25, 0.3) is 28.2 Å². The Morgan fingerprint density at radius 2 is 1.63 bits per heavy atom. The monoisotopic (exact) mass is 617 g/mol. The number of anilines is 1. The zero-order chi connectivity index (χ0) is 31.7. The minimum Gasteiger partial charge on any atom is -0.489 e. The largest absolute Gasteiger partial charge is 0.489 e. The number of hydrogen-bond donors (Lipinski definition) is 3.